The number of amides is 2. The summed E-state index contributed by atoms with van der Waals surface area (Å²) in [5.41, 5.74) is 1.67. The fourth-order valence-electron chi connectivity index (χ4n) is 7.79. The lowest BCUT2D eigenvalue weighted by molar-refractivity contribution is -0.137. The lowest BCUT2D eigenvalue weighted by Crippen LogP contribution is -2.19. The summed E-state index contributed by atoms with van der Waals surface area (Å²) in [6.45, 7) is 3.72. The number of alkyl halides is 3. The number of carbonyl (C=O) groups excluding carboxylic acids is 2. The van der Waals surface area contributed by atoms with Crippen molar-refractivity contribution in [2.24, 2.45) is 0 Å². The Bertz CT molecular complexity index is 3320. The average molecular weight is 1010 g/mol. The van der Waals surface area contributed by atoms with Crippen molar-refractivity contribution in [1.29, 1.82) is 0 Å². The second-order valence-corrected chi connectivity index (χ2v) is 17.2. The Kier molecular flexibility index (Phi) is 14.1. The van der Waals surface area contributed by atoms with Crippen molar-refractivity contribution < 1.29 is 45.4 Å². The van der Waals surface area contributed by atoms with Crippen molar-refractivity contribution in [1.82, 2.24) is 19.9 Å². The molecule has 12 nitrogen and oxygen atoms in total. The Morgan fingerprint density at radius 2 is 0.972 bits per heavy atom. The van der Waals surface area contributed by atoms with Crippen LogP contribution >= 0.6 is 23.2 Å². The Morgan fingerprint density at radius 3 is 1.42 bits per heavy atom. The maximum Gasteiger partial charge on any atom is 0.417 e. The number of nitrogens with one attached hydrogen (secondary N) is 2. The van der Waals surface area contributed by atoms with Gasteiger partial charge in [0.15, 0.2) is 23.1 Å². The van der Waals surface area contributed by atoms with Gasteiger partial charge in [0.25, 0.3) is 11.8 Å². The van der Waals surface area contributed by atoms with Crippen LogP contribution in [0.25, 0.3) is 22.1 Å². The van der Waals surface area contributed by atoms with Gasteiger partial charge in [-0.1, -0.05) is 23.2 Å². The van der Waals surface area contributed by atoms with E-state index in [1.807, 2.05) is 0 Å². The number of fused-ring (bicyclic) bond motifs is 2. The third kappa shape index (κ3) is 11.5. The molecule has 2 aromatic heterocycles. The minimum atomic E-state index is -4.72. The Hall–Kier alpha value is -7.70. The molecule has 0 aliphatic carbocycles. The summed E-state index contributed by atoms with van der Waals surface area (Å²) in [5, 5.41) is 4.46. The van der Waals surface area contributed by atoms with E-state index in [4.69, 9.17) is 32.7 Å². The molecule has 0 radical (unpaired) electrons. The molecule has 71 heavy (non-hydrogen) atoms. The number of rotatable bonds is 10. The van der Waals surface area contributed by atoms with Gasteiger partial charge >= 0.3 is 6.18 Å². The number of nitrogens with zero attached hydrogens (tertiary/aromatic N) is 6. The summed E-state index contributed by atoms with van der Waals surface area (Å²) >= 11 is 11.3. The molecule has 4 heterocycles. The van der Waals surface area contributed by atoms with Gasteiger partial charge in [-0.25, -0.2) is 23.1 Å². The monoisotopic (exact) mass is 1010 g/mol. The van der Waals surface area contributed by atoms with Crippen molar-refractivity contribution >= 4 is 80.1 Å². The van der Waals surface area contributed by atoms with Crippen molar-refractivity contribution in [2.75, 3.05) is 46.6 Å². The first-order valence-corrected chi connectivity index (χ1v) is 22.8. The van der Waals surface area contributed by atoms with Crippen LogP contribution in [0, 0.1) is 17.5 Å². The van der Waals surface area contributed by atoms with Gasteiger partial charge in [0.05, 0.1) is 50.1 Å². The van der Waals surface area contributed by atoms with Gasteiger partial charge in [0.1, 0.15) is 29.0 Å². The van der Waals surface area contributed by atoms with Crippen LogP contribution in [-0.4, -0.2) is 57.9 Å². The van der Waals surface area contributed by atoms with Gasteiger partial charge in [-0.05, 0) is 111 Å². The summed E-state index contributed by atoms with van der Waals surface area (Å²) in [7, 11) is 0. The summed E-state index contributed by atoms with van der Waals surface area (Å²) in [6.07, 6.45) is 3.20. The molecule has 0 saturated carbocycles. The Morgan fingerprint density at radius 1 is 0.521 bits per heavy atom. The topological polar surface area (TPSA) is 135 Å². The van der Waals surface area contributed by atoms with E-state index in [1.165, 1.54) is 48.5 Å². The van der Waals surface area contributed by atoms with Gasteiger partial charge in [0.2, 0.25) is 0 Å². The molecule has 0 atom stereocenters. The van der Waals surface area contributed by atoms with E-state index in [9.17, 15) is 35.9 Å². The molecule has 0 spiro atoms. The van der Waals surface area contributed by atoms with Crippen LogP contribution in [0.15, 0.2) is 122 Å². The predicted molar refractivity (Wildman–Crippen MR) is 259 cm³/mol. The average Bonchev–Trinajstić information content (AvgIpc) is 4.11. The summed E-state index contributed by atoms with van der Waals surface area (Å²) in [4.78, 5) is 47.6. The largest absolute Gasteiger partial charge is 0.454 e. The molecular weight excluding hydrogens is 974 g/mol. The van der Waals surface area contributed by atoms with E-state index in [-0.39, 0.29) is 39.0 Å². The SMILES string of the molecule is O=C(Nc1ccc(F)c(Oc2ccc3ncc(N4CCCC4)nc3c2)c1)c1ccc(Cl)c(C(F)(F)F)c1.O=C(Nc1ccc(F)c(Oc2ccc3ncc(N4CCCC4)nc3c2)c1)c1ccc(Cl)c(F)c1. The first-order chi connectivity index (χ1) is 34.1. The zero-order chi connectivity index (χ0) is 49.8. The van der Waals surface area contributed by atoms with Crippen molar-refractivity contribution in [3.63, 3.8) is 0 Å². The van der Waals surface area contributed by atoms with Gasteiger partial charge in [0, 0.05) is 72.9 Å². The fraction of sp³-hybridized carbons (Fsp3) is 0.176. The van der Waals surface area contributed by atoms with E-state index in [1.54, 1.807) is 48.8 Å². The Labute approximate surface area is 411 Å². The molecule has 2 amide bonds. The van der Waals surface area contributed by atoms with Gasteiger partial charge in [-0.3, -0.25) is 19.6 Å². The van der Waals surface area contributed by atoms with Gasteiger partial charge < -0.3 is 29.9 Å². The van der Waals surface area contributed by atoms with E-state index in [0.29, 0.717) is 39.6 Å². The highest BCUT2D eigenvalue weighted by Gasteiger charge is 2.34. The van der Waals surface area contributed by atoms with Crippen LogP contribution in [0.5, 0.6) is 23.0 Å². The summed E-state index contributed by atoms with van der Waals surface area (Å²) in [6, 6.07) is 24.1. The van der Waals surface area contributed by atoms with Crippen LogP contribution in [0.3, 0.4) is 0 Å². The van der Waals surface area contributed by atoms with E-state index >= 15 is 0 Å². The highest BCUT2D eigenvalue weighted by Crippen LogP contribution is 2.36. The molecule has 362 valence electrons. The second-order valence-electron chi connectivity index (χ2n) is 16.4. The fourth-order valence-corrected chi connectivity index (χ4v) is 8.13. The molecule has 6 aromatic carbocycles. The number of carbonyl (C=O) groups is 2. The molecule has 2 saturated heterocycles. The molecule has 2 fully saturated rings. The normalized spacial score (nSPS) is 13.5. The zero-order valence-electron chi connectivity index (χ0n) is 37.0. The van der Waals surface area contributed by atoms with E-state index in [2.05, 4.69) is 40.4 Å². The smallest absolute Gasteiger partial charge is 0.417 e. The summed E-state index contributed by atoms with van der Waals surface area (Å²) in [5.74, 6) is -1.42. The second kappa shape index (κ2) is 20.7. The third-order valence-corrected chi connectivity index (χ3v) is 12.0. The summed E-state index contributed by atoms with van der Waals surface area (Å²) < 4.78 is 93.5. The molecule has 8 aromatic rings. The molecule has 0 unspecified atom stereocenters. The number of hydrogen-bond donors (Lipinski definition) is 2. The minimum absolute atomic E-state index is 0.0793. The highest BCUT2D eigenvalue weighted by molar-refractivity contribution is 6.31. The molecule has 20 heteroatoms. The van der Waals surface area contributed by atoms with Crippen LogP contribution < -0.4 is 29.9 Å². The number of halogens is 8. The van der Waals surface area contributed by atoms with Crippen molar-refractivity contribution in [2.45, 2.75) is 31.9 Å². The third-order valence-electron chi connectivity index (χ3n) is 11.4. The first kappa shape index (κ1) is 48.3. The number of hydrogen-bond acceptors (Lipinski definition) is 10. The lowest BCUT2D eigenvalue weighted by Gasteiger charge is -2.16. The molecular formula is C51H38Cl2F6N8O4. The molecule has 2 aliphatic heterocycles. The van der Waals surface area contributed by atoms with Crippen LogP contribution in [0.1, 0.15) is 52.0 Å². The maximum absolute atomic E-state index is 14.5. The Balaban J connectivity index is 0.000000176. The number of benzene rings is 6. The lowest BCUT2D eigenvalue weighted by atomic mass is 10.1. The number of aromatic nitrogens is 4. The van der Waals surface area contributed by atoms with Crippen molar-refractivity contribution in [3.8, 4) is 23.0 Å². The minimum Gasteiger partial charge on any atom is -0.454 e. The van der Waals surface area contributed by atoms with Gasteiger partial charge in [-0.2, -0.15) is 13.2 Å². The van der Waals surface area contributed by atoms with Crippen LogP contribution in [-0.2, 0) is 6.18 Å². The van der Waals surface area contributed by atoms with Crippen LogP contribution in [0.2, 0.25) is 10.0 Å². The first-order valence-electron chi connectivity index (χ1n) is 22.1. The maximum atomic E-state index is 14.5. The molecule has 2 N–H and O–H groups in total. The molecule has 2 aliphatic rings. The number of ether oxygens (including phenoxy) is 2. The van der Waals surface area contributed by atoms with Crippen molar-refractivity contribution in [3.05, 3.63) is 166 Å². The molecule has 10 rings (SSSR count). The standard InChI is InChI=1S/C26H19ClF4N4O2.C25H19ClF2N4O2/c27-19-6-3-15(11-18(19)26(29,30)31)25(36)33-16-4-7-20(28)23(12-16)37-17-5-8-21-22(13-17)34-24(14-32-21)35-9-1-2-10-35;26-18-6-3-15(11-20(18)28)25(33)30-16-4-7-19(27)23(12-16)34-17-5-8-21-22(13-17)31-24(14-29-21)32-9-1-2-10-32/h3-8,11-14H,1-2,9-10H2,(H,33,36);3-8,11-14H,1-2,9-10H2,(H,30,33). The predicted octanol–water partition coefficient (Wildman–Crippen LogP) is 13.3. The number of anilines is 4. The quantitative estimate of drug-likeness (QED) is 0.128. The van der Waals surface area contributed by atoms with Crippen LogP contribution in [0.4, 0.5) is 49.4 Å². The van der Waals surface area contributed by atoms with E-state index in [0.717, 1.165) is 81.7 Å². The van der Waals surface area contributed by atoms with E-state index < -0.39 is 46.0 Å². The highest BCUT2D eigenvalue weighted by atomic mass is 35.5. The zero-order valence-corrected chi connectivity index (χ0v) is 38.6. The van der Waals surface area contributed by atoms with Gasteiger partial charge in [-0.15, -0.1) is 0 Å². The molecule has 0 bridgehead atoms.